The zero-order valence-corrected chi connectivity index (χ0v) is 13.9. The maximum absolute atomic E-state index is 13.8. The Morgan fingerprint density at radius 1 is 1.21 bits per heavy atom. The summed E-state index contributed by atoms with van der Waals surface area (Å²) in [7, 11) is -1.06. The molecule has 2 rings (SSSR count). The molecule has 0 unspecified atom stereocenters. The molecule has 0 fully saturated rings. The van der Waals surface area contributed by atoms with Gasteiger partial charge in [-0.2, -0.15) is 0 Å². The van der Waals surface area contributed by atoms with Gasteiger partial charge in [-0.15, -0.1) is 0 Å². The highest BCUT2D eigenvalue weighted by Gasteiger charge is 2.19. The summed E-state index contributed by atoms with van der Waals surface area (Å²) in [6, 6.07) is 9.76. The standard InChI is InChI=1S/C16H16FNO5S/c1-18-24(20,21)13-6-7-15(17)14(9-13)16(19)23-10-11-4-3-5-12(8-11)22-2/h3-9,18H,10H2,1-2H3. The van der Waals surface area contributed by atoms with Crippen LogP contribution in [0.1, 0.15) is 15.9 Å². The van der Waals surface area contributed by atoms with Gasteiger partial charge in [0.2, 0.25) is 10.0 Å². The topological polar surface area (TPSA) is 81.7 Å². The lowest BCUT2D eigenvalue weighted by molar-refractivity contribution is 0.0466. The minimum atomic E-state index is -3.79. The molecular formula is C16H16FNO5S. The van der Waals surface area contributed by atoms with E-state index in [-0.39, 0.29) is 11.5 Å². The van der Waals surface area contributed by atoms with Gasteiger partial charge in [0.25, 0.3) is 0 Å². The largest absolute Gasteiger partial charge is 0.497 e. The highest BCUT2D eigenvalue weighted by molar-refractivity contribution is 7.89. The van der Waals surface area contributed by atoms with E-state index < -0.39 is 27.4 Å². The van der Waals surface area contributed by atoms with Crippen molar-refractivity contribution in [3.8, 4) is 5.75 Å². The lowest BCUT2D eigenvalue weighted by Gasteiger charge is -2.09. The van der Waals surface area contributed by atoms with E-state index in [4.69, 9.17) is 9.47 Å². The summed E-state index contributed by atoms with van der Waals surface area (Å²) in [5, 5.41) is 0. The fourth-order valence-corrected chi connectivity index (χ4v) is 2.69. The molecule has 0 radical (unpaired) electrons. The summed E-state index contributed by atoms with van der Waals surface area (Å²) in [4.78, 5) is 11.8. The Kier molecular flexibility index (Phi) is 5.53. The Bertz CT molecular complexity index is 851. The van der Waals surface area contributed by atoms with Crippen LogP contribution in [0.4, 0.5) is 4.39 Å². The van der Waals surface area contributed by atoms with Crippen molar-refractivity contribution in [1.82, 2.24) is 4.72 Å². The molecule has 0 aliphatic rings. The van der Waals surface area contributed by atoms with Gasteiger partial charge in [-0.3, -0.25) is 0 Å². The molecule has 0 aliphatic carbocycles. The third kappa shape index (κ3) is 4.09. The van der Waals surface area contributed by atoms with Crippen LogP contribution < -0.4 is 9.46 Å². The number of sulfonamides is 1. The van der Waals surface area contributed by atoms with Gasteiger partial charge in [0, 0.05) is 0 Å². The van der Waals surface area contributed by atoms with E-state index in [2.05, 4.69) is 4.72 Å². The Morgan fingerprint density at radius 2 is 1.96 bits per heavy atom. The summed E-state index contributed by atoms with van der Waals surface area (Å²) in [5.74, 6) is -1.22. The van der Waals surface area contributed by atoms with Crippen LogP contribution in [0.5, 0.6) is 5.75 Å². The first-order valence-corrected chi connectivity index (χ1v) is 8.39. The van der Waals surface area contributed by atoms with Gasteiger partial charge in [-0.05, 0) is 42.9 Å². The molecule has 0 saturated heterocycles. The van der Waals surface area contributed by atoms with E-state index in [1.54, 1.807) is 24.3 Å². The summed E-state index contributed by atoms with van der Waals surface area (Å²) in [5.41, 5.74) is 0.205. The monoisotopic (exact) mass is 353 g/mol. The predicted molar refractivity (Wildman–Crippen MR) is 84.8 cm³/mol. The van der Waals surface area contributed by atoms with E-state index in [9.17, 15) is 17.6 Å². The normalized spacial score (nSPS) is 11.1. The molecule has 6 nitrogen and oxygen atoms in total. The van der Waals surface area contributed by atoms with Gasteiger partial charge in [0.05, 0.1) is 17.6 Å². The smallest absolute Gasteiger partial charge is 0.341 e. The molecule has 2 aromatic carbocycles. The van der Waals surface area contributed by atoms with Crippen LogP contribution in [-0.4, -0.2) is 28.5 Å². The number of carbonyl (C=O) groups excluding carboxylic acids is 1. The lowest BCUT2D eigenvalue weighted by atomic mass is 10.2. The zero-order valence-electron chi connectivity index (χ0n) is 13.1. The second-order valence-corrected chi connectivity index (χ2v) is 6.66. The number of esters is 1. The summed E-state index contributed by atoms with van der Waals surface area (Å²) in [6.45, 7) is -0.0987. The molecule has 0 amide bonds. The van der Waals surface area contributed by atoms with Crippen LogP contribution in [0.3, 0.4) is 0 Å². The first kappa shape index (κ1) is 17.9. The van der Waals surface area contributed by atoms with Crippen molar-refractivity contribution in [2.75, 3.05) is 14.2 Å². The van der Waals surface area contributed by atoms with Crippen molar-refractivity contribution in [2.45, 2.75) is 11.5 Å². The fraction of sp³-hybridized carbons (Fsp3) is 0.188. The molecule has 0 bridgehead atoms. The molecule has 128 valence electrons. The number of benzene rings is 2. The molecule has 0 saturated carbocycles. The number of methoxy groups -OCH3 is 1. The van der Waals surface area contributed by atoms with E-state index in [1.807, 2.05) is 0 Å². The Hall–Kier alpha value is -2.45. The first-order valence-electron chi connectivity index (χ1n) is 6.90. The van der Waals surface area contributed by atoms with Gasteiger partial charge < -0.3 is 9.47 Å². The number of nitrogens with one attached hydrogen (secondary N) is 1. The first-order chi connectivity index (χ1) is 11.4. The van der Waals surface area contributed by atoms with Crippen LogP contribution in [0.25, 0.3) is 0 Å². The Labute approximate surface area is 139 Å². The third-order valence-corrected chi connectivity index (χ3v) is 4.65. The SMILES string of the molecule is CNS(=O)(=O)c1ccc(F)c(C(=O)OCc2cccc(OC)c2)c1. The van der Waals surface area contributed by atoms with Crippen LogP contribution in [0.2, 0.25) is 0 Å². The van der Waals surface area contributed by atoms with Crippen LogP contribution in [-0.2, 0) is 21.4 Å². The Balaban J connectivity index is 2.19. The van der Waals surface area contributed by atoms with E-state index >= 15 is 0 Å². The number of hydrogen-bond acceptors (Lipinski definition) is 5. The van der Waals surface area contributed by atoms with Crippen molar-refractivity contribution >= 4 is 16.0 Å². The Morgan fingerprint density at radius 3 is 2.62 bits per heavy atom. The molecule has 1 N–H and O–H groups in total. The minimum absolute atomic E-state index is 0.0987. The van der Waals surface area contributed by atoms with Gasteiger partial charge in [0.15, 0.2) is 0 Å². The zero-order chi connectivity index (χ0) is 17.7. The van der Waals surface area contributed by atoms with Gasteiger partial charge in [-0.1, -0.05) is 12.1 Å². The van der Waals surface area contributed by atoms with Crippen LogP contribution in [0.15, 0.2) is 47.4 Å². The van der Waals surface area contributed by atoms with Crippen molar-refractivity contribution in [3.63, 3.8) is 0 Å². The summed E-state index contributed by atoms with van der Waals surface area (Å²) in [6.07, 6.45) is 0. The fourth-order valence-electron chi connectivity index (χ4n) is 1.93. The number of halogens is 1. The molecule has 0 atom stereocenters. The van der Waals surface area contributed by atoms with E-state index in [1.165, 1.54) is 14.2 Å². The minimum Gasteiger partial charge on any atom is -0.497 e. The maximum atomic E-state index is 13.8. The second-order valence-electron chi connectivity index (χ2n) is 4.78. The molecule has 2 aromatic rings. The van der Waals surface area contributed by atoms with Crippen molar-refractivity contribution in [2.24, 2.45) is 0 Å². The average molecular weight is 353 g/mol. The highest BCUT2D eigenvalue weighted by Crippen LogP contribution is 2.18. The molecule has 0 heterocycles. The van der Waals surface area contributed by atoms with Gasteiger partial charge >= 0.3 is 5.97 Å². The summed E-state index contributed by atoms with van der Waals surface area (Å²) < 4.78 is 49.5. The van der Waals surface area contributed by atoms with Crippen molar-refractivity contribution in [3.05, 3.63) is 59.4 Å². The van der Waals surface area contributed by atoms with E-state index in [0.717, 1.165) is 18.2 Å². The molecule has 0 aliphatic heterocycles. The van der Waals surface area contributed by atoms with Gasteiger partial charge in [-0.25, -0.2) is 22.3 Å². The molecule has 0 aromatic heterocycles. The predicted octanol–water partition coefficient (Wildman–Crippen LogP) is 2.10. The molecule has 8 heteroatoms. The maximum Gasteiger partial charge on any atom is 0.341 e. The average Bonchev–Trinajstić information content (AvgIpc) is 2.60. The molecule has 24 heavy (non-hydrogen) atoms. The highest BCUT2D eigenvalue weighted by atomic mass is 32.2. The summed E-state index contributed by atoms with van der Waals surface area (Å²) >= 11 is 0. The molecule has 0 spiro atoms. The third-order valence-electron chi connectivity index (χ3n) is 3.24. The second kappa shape index (κ2) is 7.41. The number of hydrogen-bond donors (Lipinski definition) is 1. The molecular weight excluding hydrogens is 337 g/mol. The number of ether oxygens (including phenoxy) is 2. The number of carbonyl (C=O) groups is 1. The van der Waals surface area contributed by atoms with Crippen LogP contribution in [0, 0.1) is 5.82 Å². The van der Waals surface area contributed by atoms with Crippen molar-refractivity contribution in [1.29, 1.82) is 0 Å². The number of rotatable bonds is 6. The van der Waals surface area contributed by atoms with E-state index in [0.29, 0.717) is 11.3 Å². The van der Waals surface area contributed by atoms with Crippen LogP contribution >= 0.6 is 0 Å². The van der Waals surface area contributed by atoms with Crippen molar-refractivity contribution < 1.29 is 27.1 Å². The van der Waals surface area contributed by atoms with Gasteiger partial charge in [0.1, 0.15) is 18.2 Å². The lowest BCUT2D eigenvalue weighted by Crippen LogP contribution is -2.19. The quantitative estimate of drug-likeness (QED) is 0.805.